The first-order valence-electron chi connectivity index (χ1n) is 7.29. The number of piperazine rings is 1. The fraction of sp³-hybridized carbons (Fsp3) is 0.600. The lowest BCUT2D eigenvalue weighted by Gasteiger charge is -2.40. The second kappa shape index (κ2) is 6.92. The molecule has 2 atom stereocenters. The quantitative estimate of drug-likeness (QED) is 0.863. The minimum absolute atomic E-state index is 0.0249. The van der Waals surface area contributed by atoms with Gasteiger partial charge in [-0.25, -0.2) is 0 Å². The molecule has 1 aliphatic heterocycles. The van der Waals surface area contributed by atoms with Crippen molar-refractivity contribution >= 4 is 39.1 Å². The zero-order valence-corrected chi connectivity index (χ0v) is 15.0. The number of nitrogens with zero attached hydrogens (tertiary/aromatic N) is 1. The molecule has 0 saturated carbocycles. The molecule has 1 aromatic heterocycles. The number of halogens is 1. The van der Waals surface area contributed by atoms with Crippen molar-refractivity contribution in [3.8, 4) is 0 Å². The highest BCUT2D eigenvalue weighted by atomic mass is 79.9. The Morgan fingerprint density at radius 1 is 1.38 bits per heavy atom. The summed E-state index contributed by atoms with van der Waals surface area (Å²) in [4.78, 5) is 27.8. The van der Waals surface area contributed by atoms with E-state index in [0.29, 0.717) is 13.0 Å². The van der Waals surface area contributed by atoms with Crippen LogP contribution in [0.15, 0.2) is 15.9 Å². The third kappa shape index (κ3) is 3.66. The maximum atomic E-state index is 12.6. The minimum Gasteiger partial charge on any atom is -0.342 e. The Labute approximate surface area is 138 Å². The van der Waals surface area contributed by atoms with Crippen LogP contribution in [0.3, 0.4) is 0 Å². The van der Waals surface area contributed by atoms with E-state index in [1.165, 1.54) is 4.88 Å². The molecule has 0 spiro atoms. The molecule has 0 aromatic carbocycles. The second-order valence-electron chi connectivity index (χ2n) is 5.64. The van der Waals surface area contributed by atoms with Gasteiger partial charge in [0.1, 0.15) is 12.1 Å². The summed E-state index contributed by atoms with van der Waals surface area (Å²) in [6, 6.07) is 3.34. The van der Waals surface area contributed by atoms with Crippen LogP contribution in [0.1, 0.15) is 32.1 Å². The Morgan fingerprint density at radius 3 is 2.62 bits per heavy atom. The number of nitrogens with one attached hydrogen (secondary N) is 1. The van der Waals surface area contributed by atoms with Crippen molar-refractivity contribution in [1.29, 1.82) is 0 Å². The molecular weight excluding hydrogens is 352 g/mol. The first-order valence-corrected chi connectivity index (χ1v) is 8.90. The zero-order chi connectivity index (χ0) is 15.6. The highest BCUT2D eigenvalue weighted by Gasteiger charge is 2.40. The van der Waals surface area contributed by atoms with Crippen LogP contribution in [0.25, 0.3) is 0 Å². The average molecular weight is 373 g/mol. The minimum atomic E-state index is -0.393. The number of hydrogen-bond donors (Lipinski definition) is 1. The van der Waals surface area contributed by atoms with E-state index >= 15 is 0 Å². The molecule has 1 N–H and O–H groups in total. The summed E-state index contributed by atoms with van der Waals surface area (Å²) in [6.45, 7) is 6.47. The molecule has 116 valence electrons. The molecular formula is C15H21BrN2O2S. The number of thiophene rings is 1. The summed E-state index contributed by atoms with van der Waals surface area (Å²) in [6.07, 6.45) is 1.44. The van der Waals surface area contributed by atoms with Gasteiger partial charge in [-0.15, -0.1) is 11.3 Å². The Bertz CT molecular complexity index is 529. The smallest absolute Gasteiger partial charge is 0.246 e. The van der Waals surface area contributed by atoms with Gasteiger partial charge in [0.05, 0.1) is 3.79 Å². The number of hydrogen-bond acceptors (Lipinski definition) is 3. The van der Waals surface area contributed by atoms with Crippen molar-refractivity contribution < 1.29 is 9.59 Å². The van der Waals surface area contributed by atoms with Gasteiger partial charge in [-0.3, -0.25) is 9.59 Å². The predicted molar refractivity (Wildman–Crippen MR) is 88.3 cm³/mol. The van der Waals surface area contributed by atoms with Crippen molar-refractivity contribution in [1.82, 2.24) is 10.2 Å². The number of carbonyl (C=O) groups is 2. The second-order valence-corrected chi connectivity index (χ2v) is 8.19. The molecule has 1 aromatic rings. The monoisotopic (exact) mass is 372 g/mol. The third-order valence-electron chi connectivity index (χ3n) is 3.81. The van der Waals surface area contributed by atoms with Gasteiger partial charge in [-0.2, -0.15) is 0 Å². The predicted octanol–water partition coefficient (Wildman–Crippen LogP) is 2.81. The average Bonchev–Trinajstić information content (AvgIpc) is 2.84. The molecule has 4 nitrogen and oxygen atoms in total. The van der Waals surface area contributed by atoms with Crippen LogP contribution in [0.4, 0.5) is 0 Å². The van der Waals surface area contributed by atoms with Gasteiger partial charge in [-0.1, -0.05) is 20.8 Å². The Hall–Kier alpha value is -0.880. The molecule has 2 rings (SSSR count). The molecule has 2 heterocycles. The number of carbonyl (C=O) groups excluding carboxylic acids is 2. The molecule has 0 radical (unpaired) electrons. The van der Waals surface area contributed by atoms with Gasteiger partial charge in [0.2, 0.25) is 11.8 Å². The van der Waals surface area contributed by atoms with E-state index in [1.807, 2.05) is 26.8 Å². The van der Waals surface area contributed by atoms with E-state index in [0.717, 1.165) is 10.2 Å². The van der Waals surface area contributed by atoms with Crippen molar-refractivity contribution in [2.24, 2.45) is 5.92 Å². The van der Waals surface area contributed by atoms with Crippen LogP contribution in [-0.2, 0) is 16.0 Å². The van der Waals surface area contributed by atoms with Crippen molar-refractivity contribution in [3.63, 3.8) is 0 Å². The fourth-order valence-corrected chi connectivity index (χ4v) is 4.10. The maximum absolute atomic E-state index is 12.6. The van der Waals surface area contributed by atoms with Crippen LogP contribution in [-0.4, -0.2) is 35.3 Å². The molecule has 2 unspecified atom stereocenters. The molecule has 2 amide bonds. The first-order chi connectivity index (χ1) is 9.93. The summed E-state index contributed by atoms with van der Waals surface area (Å²) in [5, 5.41) is 2.86. The lowest BCUT2D eigenvalue weighted by molar-refractivity contribution is -0.150. The molecule has 21 heavy (non-hydrogen) atoms. The van der Waals surface area contributed by atoms with E-state index in [9.17, 15) is 9.59 Å². The van der Waals surface area contributed by atoms with Crippen LogP contribution < -0.4 is 5.32 Å². The Morgan fingerprint density at radius 2 is 2.10 bits per heavy atom. The van der Waals surface area contributed by atoms with Crippen LogP contribution >= 0.6 is 27.3 Å². The van der Waals surface area contributed by atoms with Crippen molar-refractivity contribution in [2.45, 2.75) is 45.7 Å². The van der Waals surface area contributed by atoms with Crippen molar-refractivity contribution in [2.75, 3.05) is 6.54 Å². The summed E-state index contributed by atoms with van der Waals surface area (Å²) in [5.41, 5.74) is 0. The van der Waals surface area contributed by atoms with Gasteiger partial charge in [0, 0.05) is 11.4 Å². The van der Waals surface area contributed by atoms with Gasteiger partial charge in [0.25, 0.3) is 0 Å². The van der Waals surface area contributed by atoms with Gasteiger partial charge >= 0.3 is 0 Å². The van der Waals surface area contributed by atoms with Gasteiger partial charge in [-0.05, 0) is 46.8 Å². The normalized spacial score (nSPS) is 22.8. The summed E-state index contributed by atoms with van der Waals surface area (Å²) in [5.74, 6) is 0.132. The standard InChI is InChI=1S/C15H21BrN2O2S/c1-4-11-14(19)17-13(9(2)3)15(20)18(11)8-7-10-5-6-12(16)21-10/h5-6,9,11,13H,4,7-8H2,1-3H3,(H,17,19). The van der Waals surface area contributed by atoms with E-state index in [-0.39, 0.29) is 23.8 Å². The highest BCUT2D eigenvalue weighted by molar-refractivity contribution is 9.11. The van der Waals surface area contributed by atoms with Crippen molar-refractivity contribution in [3.05, 3.63) is 20.8 Å². The van der Waals surface area contributed by atoms with Crippen LogP contribution in [0.5, 0.6) is 0 Å². The van der Waals surface area contributed by atoms with Gasteiger partial charge < -0.3 is 10.2 Å². The Kier molecular flexibility index (Phi) is 5.43. The molecule has 6 heteroatoms. The van der Waals surface area contributed by atoms with Gasteiger partial charge in [0.15, 0.2) is 0 Å². The van der Waals surface area contributed by atoms with E-state index < -0.39 is 6.04 Å². The molecule has 1 aliphatic rings. The maximum Gasteiger partial charge on any atom is 0.246 e. The topological polar surface area (TPSA) is 49.4 Å². The van der Waals surface area contributed by atoms with E-state index in [4.69, 9.17) is 0 Å². The van der Waals surface area contributed by atoms with E-state index in [2.05, 4.69) is 27.3 Å². The van der Waals surface area contributed by atoms with Crippen LogP contribution in [0, 0.1) is 5.92 Å². The largest absolute Gasteiger partial charge is 0.342 e. The number of rotatable bonds is 5. The zero-order valence-electron chi connectivity index (χ0n) is 12.6. The SMILES string of the molecule is CCC1C(=O)NC(C(C)C)C(=O)N1CCc1ccc(Br)s1. The summed E-state index contributed by atoms with van der Waals surface area (Å²) < 4.78 is 1.09. The lowest BCUT2D eigenvalue weighted by atomic mass is 9.96. The lowest BCUT2D eigenvalue weighted by Crippen LogP contribution is -2.64. The Balaban J connectivity index is 2.11. The first kappa shape index (κ1) is 16.5. The van der Waals surface area contributed by atoms with Crippen LogP contribution in [0.2, 0.25) is 0 Å². The highest BCUT2D eigenvalue weighted by Crippen LogP contribution is 2.24. The molecule has 0 bridgehead atoms. The molecule has 1 saturated heterocycles. The summed E-state index contributed by atoms with van der Waals surface area (Å²) >= 11 is 5.12. The number of amides is 2. The molecule has 0 aliphatic carbocycles. The third-order valence-corrected chi connectivity index (χ3v) is 5.49. The van der Waals surface area contributed by atoms with E-state index in [1.54, 1.807) is 16.2 Å². The summed E-state index contributed by atoms with van der Waals surface area (Å²) in [7, 11) is 0. The molecule has 1 fully saturated rings. The fourth-order valence-electron chi connectivity index (χ4n) is 2.63.